The maximum atomic E-state index is 12.4. The Morgan fingerprint density at radius 2 is 1.88 bits per heavy atom. The number of esters is 1. The van der Waals surface area contributed by atoms with Crippen molar-refractivity contribution in [3.8, 4) is 17.2 Å². The van der Waals surface area contributed by atoms with Crippen LogP contribution in [0.4, 0.5) is 13.2 Å². The third kappa shape index (κ3) is 5.13. The molecular weight excluding hydrogens is 357 g/mol. The Hall–Kier alpha value is -2.27. The van der Waals surface area contributed by atoms with Crippen LogP contribution in [0.15, 0.2) is 30.9 Å². The molecule has 0 radical (unpaired) electrons. The number of para-hydroxylation sites is 1. The van der Waals surface area contributed by atoms with Crippen LogP contribution in [0.5, 0.6) is 17.2 Å². The first-order valence-corrected chi connectivity index (χ1v) is 7.63. The summed E-state index contributed by atoms with van der Waals surface area (Å²) in [6.45, 7) is 3.22. The third-order valence-electron chi connectivity index (χ3n) is 2.34. The van der Waals surface area contributed by atoms with E-state index in [-0.39, 0.29) is 19.0 Å². The lowest BCUT2D eigenvalue weighted by atomic mass is 10.3. The lowest BCUT2D eigenvalue weighted by molar-refractivity contribution is -0.129. The van der Waals surface area contributed by atoms with Crippen molar-refractivity contribution in [2.45, 2.75) is 5.51 Å². The molecule has 0 atom stereocenters. The first-order chi connectivity index (χ1) is 11.1. The summed E-state index contributed by atoms with van der Waals surface area (Å²) in [5, 5.41) is 0. The van der Waals surface area contributed by atoms with Crippen molar-refractivity contribution in [3.05, 3.63) is 30.9 Å². The van der Waals surface area contributed by atoms with E-state index < -0.39 is 33.1 Å². The lowest BCUT2D eigenvalue weighted by Gasteiger charge is -2.15. The maximum absolute atomic E-state index is 12.4. The SMILES string of the molecule is C=CC(=O)Oc1c(OCCOC)cccc1OS(=O)(=O)C(F)(F)F. The molecule has 0 aliphatic rings. The first-order valence-electron chi connectivity index (χ1n) is 6.22. The van der Waals surface area contributed by atoms with Crippen molar-refractivity contribution in [1.29, 1.82) is 0 Å². The van der Waals surface area contributed by atoms with Gasteiger partial charge in [-0.15, -0.1) is 0 Å². The van der Waals surface area contributed by atoms with E-state index in [9.17, 15) is 26.4 Å². The Morgan fingerprint density at radius 1 is 1.25 bits per heavy atom. The fourth-order valence-electron chi connectivity index (χ4n) is 1.32. The van der Waals surface area contributed by atoms with Crippen LogP contribution >= 0.6 is 0 Å². The Kier molecular flexibility index (Phi) is 6.60. The normalized spacial score (nSPS) is 11.7. The van der Waals surface area contributed by atoms with E-state index in [1.165, 1.54) is 13.2 Å². The van der Waals surface area contributed by atoms with Gasteiger partial charge in [-0.05, 0) is 12.1 Å². The highest BCUT2D eigenvalue weighted by atomic mass is 32.2. The third-order valence-corrected chi connectivity index (χ3v) is 3.31. The molecule has 0 saturated heterocycles. The second-order valence-corrected chi connectivity index (χ2v) is 5.57. The molecule has 1 aromatic carbocycles. The summed E-state index contributed by atoms with van der Waals surface area (Å²) in [5.74, 6) is -2.76. The number of alkyl halides is 3. The predicted molar refractivity (Wildman–Crippen MR) is 75.2 cm³/mol. The van der Waals surface area contributed by atoms with Crippen LogP contribution in [-0.4, -0.2) is 40.2 Å². The van der Waals surface area contributed by atoms with E-state index in [0.717, 1.165) is 18.2 Å². The second-order valence-electron chi connectivity index (χ2n) is 4.03. The molecule has 24 heavy (non-hydrogen) atoms. The van der Waals surface area contributed by atoms with Crippen LogP contribution < -0.4 is 13.7 Å². The minimum Gasteiger partial charge on any atom is -0.487 e. The highest BCUT2D eigenvalue weighted by Gasteiger charge is 2.49. The standard InChI is InChI=1S/C13H13F3O7S/c1-3-11(17)22-12-9(21-8-7-20-2)5-4-6-10(12)23-24(18,19)13(14,15)16/h3-6H,1,7-8H2,2H3. The zero-order valence-corrected chi connectivity index (χ0v) is 13.1. The molecule has 0 unspecified atom stereocenters. The zero-order chi connectivity index (χ0) is 18.4. The Morgan fingerprint density at radius 3 is 2.42 bits per heavy atom. The molecule has 0 heterocycles. The molecule has 7 nitrogen and oxygen atoms in total. The van der Waals surface area contributed by atoms with E-state index in [1.807, 2.05) is 0 Å². The molecule has 0 bridgehead atoms. The van der Waals surface area contributed by atoms with Crippen LogP contribution in [0.1, 0.15) is 0 Å². The van der Waals surface area contributed by atoms with E-state index >= 15 is 0 Å². The van der Waals surface area contributed by atoms with E-state index in [0.29, 0.717) is 0 Å². The van der Waals surface area contributed by atoms with Gasteiger partial charge in [0.05, 0.1) is 6.61 Å². The number of methoxy groups -OCH3 is 1. The predicted octanol–water partition coefficient (Wildman–Crippen LogP) is 2.03. The molecule has 0 amide bonds. The van der Waals surface area contributed by atoms with Gasteiger partial charge in [0, 0.05) is 13.2 Å². The molecular formula is C13H13F3O7S. The van der Waals surface area contributed by atoms with Gasteiger partial charge in [-0.2, -0.15) is 21.6 Å². The Balaban J connectivity index is 3.25. The number of rotatable bonds is 8. The quantitative estimate of drug-likeness (QED) is 0.173. The summed E-state index contributed by atoms with van der Waals surface area (Å²) in [5.41, 5.74) is -5.65. The fourth-order valence-corrected chi connectivity index (χ4v) is 1.78. The summed E-state index contributed by atoms with van der Waals surface area (Å²) >= 11 is 0. The molecule has 0 aliphatic carbocycles. The van der Waals surface area contributed by atoms with Gasteiger partial charge in [0.2, 0.25) is 5.75 Å². The van der Waals surface area contributed by atoms with Crippen molar-refractivity contribution >= 4 is 16.1 Å². The smallest absolute Gasteiger partial charge is 0.487 e. The number of carbonyl (C=O) groups is 1. The Bertz CT molecular complexity index is 698. The number of benzene rings is 1. The van der Waals surface area contributed by atoms with Gasteiger partial charge < -0.3 is 18.4 Å². The number of halogens is 3. The molecule has 0 aliphatic heterocycles. The summed E-state index contributed by atoms with van der Waals surface area (Å²) in [7, 11) is -4.57. The summed E-state index contributed by atoms with van der Waals surface area (Å²) in [6.07, 6.45) is 0.730. The van der Waals surface area contributed by atoms with Crippen molar-refractivity contribution < 1.29 is 44.8 Å². The van der Waals surface area contributed by atoms with Gasteiger partial charge in [0.1, 0.15) is 6.61 Å². The zero-order valence-electron chi connectivity index (χ0n) is 12.3. The van der Waals surface area contributed by atoms with Gasteiger partial charge in [0.15, 0.2) is 11.5 Å². The van der Waals surface area contributed by atoms with Gasteiger partial charge in [-0.3, -0.25) is 0 Å². The number of hydrogen-bond acceptors (Lipinski definition) is 7. The molecule has 11 heteroatoms. The fraction of sp³-hybridized carbons (Fsp3) is 0.308. The average molecular weight is 370 g/mol. The summed E-state index contributed by atoms with van der Waals surface area (Å²) in [4.78, 5) is 11.3. The Labute approximate surface area is 135 Å². The van der Waals surface area contributed by atoms with Gasteiger partial charge >= 0.3 is 21.6 Å². The van der Waals surface area contributed by atoms with E-state index in [2.05, 4.69) is 10.8 Å². The van der Waals surface area contributed by atoms with E-state index in [1.54, 1.807) is 0 Å². The second kappa shape index (κ2) is 8.02. The minimum absolute atomic E-state index is 0.0371. The lowest BCUT2D eigenvalue weighted by Crippen LogP contribution is -2.28. The molecule has 0 N–H and O–H groups in total. The number of carbonyl (C=O) groups excluding carboxylic acids is 1. The van der Waals surface area contributed by atoms with Crippen molar-refractivity contribution in [3.63, 3.8) is 0 Å². The number of hydrogen-bond donors (Lipinski definition) is 0. The molecule has 0 aromatic heterocycles. The minimum atomic E-state index is -5.96. The number of ether oxygens (including phenoxy) is 3. The summed E-state index contributed by atoms with van der Waals surface area (Å²) in [6, 6.07) is 3.28. The van der Waals surface area contributed by atoms with Gasteiger partial charge in [-0.1, -0.05) is 12.6 Å². The van der Waals surface area contributed by atoms with Crippen molar-refractivity contribution in [1.82, 2.24) is 0 Å². The van der Waals surface area contributed by atoms with Gasteiger partial charge in [0.25, 0.3) is 0 Å². The average Bonchev–Trinajstić information content (AvgIpc) is 2.48. The van der Waals surface area contributed by atoms with Crippen LogP contribution in [-0.2, 0) is 19.6 Å². The molecule has 1 aromatic rings. The molecule has 134 valence electrons. The maximum Gasteiger partial charge on any atom is 0.534 e. The van der Waals surface area contributed by atoms with Crippen LogP contribution in [0.3, 0.4) is 0 Å². The van der Waals surface area contributed by atoms with E-state index in [4.69, 9.17) is 14.2 Å². The van der Waals surface area contributed by atoms with Crippen molar-refractivity contribution in [2.75, 3.05) is 20.3 Å². The van der Waals surface area contributed by atoms with Gasteiger partial charge in [-0.25, -0.2) is 4.79 Å². The molecule has 0 spiro atoms. The first kappa shape index (κ1) is 19.8. The molecule has 0 saturated carbocycles. The van der Waals surface area contributed by atoms with Crippen molar-refractivity contribution in [2.24, 2.45) is 0 Å². The van der Waals surface area contributed by atoms with Crippen LogP contribution in [0.2, 0.25) is 0 Å². The highest BCUT2D eigenvalue weighted by molar-refractivity contribution is 7.88. The highest BCUT2D eigenvalue weighted by Crippen LogP contribution is 2.40. The van der Waals surface area contributed by atoms with Crippen LogP contribution in [0.25, 0.3) is 0 Å². The monoisotopic (exact) mass is 370 g/mol. The van der Waals surface area contributed by atoms with Crippen LogP contribution in [0, 0.1) is 0 Å². The summed E-state index contributed by atoms with van der Waals surface area (Å²) < 4.78 is 78.3. The largest absolute Gasteiger partial charge is 0.534 e. The topological polar surface area (TPSA) is 88.1 Å². The molecule has 0 fully saturated rings. The molecule has 1 rings (SSSR count).